The standard InChI is InChI=1S/C25H22ClNO4/c26-14-23(24(28)30-15-17-8-2-1-3-9-17)27-25(29)31-16-22-20-12-6-4-10-18(20)19-11-5-7-13-21(19)22/h1-13,22-23H,14-16H2,(H,27,29)/t23-/m1/s1. The molecule has 3 aromatic carbocycles. The van der Waals surface area contributed by atoms with Crippen LogP contribution in [-0.2, 0) is 20.9 Å². The number of halogens is 1. The van der Waals surface area contributed by atoms with Gasteiger partial charge in [-0.3, -0.25) is 0 Å². The molecule has 0 heterocycles. The zero-order chi connectivity index (χ0) is 21.6. The third-order valence-corrected chi connectivity index (χ3v) is 5.61. The average Bonchev–Trinajstić information content (AvgIpc) is 3.14. The highest BCUT2D eigenvalue weighted by molar-refractivity contribution is 6.19. The number of carbonyl (C=O) groups is 2. The number of rotatable bonds is 7. The van der Waals surface area contributed by atoms with Crippen LogP contribution >= 0.6 is 11.6 Å². The summed E-state index contributed by atoms with van der Waals surface area (Å²) >= 11 is 5.88. The SMILES string of the molecule is O=C(N[C@H](CCl)C(=O)OCc1ccccc1)OCC1c2ccccc2-c2ccccc21. The van der Waals surface area contributed by atoms with Gasteiger partial charge in [0.1, 0.15) is 19.3 Å². The predicted octanol–water partition coefficient (Wildman–Crippen LogP) is 4.88. The van der Waals surface area contributed by atoms with Crippen LogP contribution in [0, 0.1) is 0 Å². The number of hydrogen-bond donors (Lipinski definition) is 1. The second kappa shape index (κ2) is 9.67. The summed E-state index contributed by atoms with van der Waals surface area (Å²) in [5.74, 6) is -0.775. The van der Waals surface area contributed by atoms with Gasteiger partial charge in [0.05, 0.1) is 5.88 Å². The van der Waals surface area contributed by atoms with Crippen molar-refractivity contribution in [2.75, 3.05) is 12.5 Å². The van der Waals surface area contributed by atoms with Crippen LogP contribution < -0.4 is 5.32 Å². The summed E-state index contributed by atoms with van der Waals surface area (Å²) in [7, 11) is 0. The molecule has 0 unspecified atom stereocenters. The van der Waals surface area contributed by atoms with Crippen molar-refractivity contribution < 1.29 is 19.1 Å². The lowest BCUT2D eigenvalue weighted by molar-refractivity contribution is -0.146. The molecule has 1 aliphatic carbocycles. The number of amides is 1. The van der Waals surface area contributed by atoms with Crippen LogP contribution in [0.1, 0.15) is 22.6 Å². The van der Waals surface area contributed by atoms with E-state index in [4.69, 9.17) is 21.1 Å². The molecule has 4 rings (SSSR count). The quantitative estimate of drug-likeness (QED) is 0.424. The molecular formula is C25H22ClNO4. The Hall–Kier alpha value is -3.31. The summed E-state index contributed by atoms with van der Waals surface area (Å²) in [6.45, 7) is 0.271. The molecular weight excluding hydrogens is 414 g/mol. The van der Waals surface area contributed by atoms with Crippen molar-refractivity contribution in [2.24, 2.45) is 0 Å². The highest BCUT2D eigenvalue weighted by Gasteiger charge is 2.29. The predicted molar refractivity (Wildman–Crippen MR) is 119 cm³/mol. The fourth-order valence-electron chi connectivity index (χ4n) is 3.77. The van der Waals surface area contributed by atoms with Gasteiger partial charge in [-0.1, -0.05) is 78.9 Å². The van der Waals surface area contributed by atoms with Gasteiger partial charge in [0.25, 0.3) is 0 Å². The highest BCUT2D eigenvalue weighted by Crippen LogP contribution is 2.44. The minimum atomic E-state index is -0.985. The van der Waals surface area contributed by atoms with Crippen LogP contribution in [0.25, 0.3) is 11.1 Å². The van der Waals surface area contributed by atoms with Gasteiger partial charge in [-0.2, -0.15) is 0 Å². The molecule has 0 fully saturated rings. The summed E-state index contributed by atoms with van der Waals surface area (Å²) in [6.07, 6.45) is -0.704. The van der Waals surface area contributed by atoms with Gasteiger partial charge >= 0.3 is 12.1 Å². The number of fused-ring (bicyclic) bond motifs is 3. The van der Waals surface area contributed by atoms with E-state index in [0.717, 1.165) is 27.8 Å². The number of hydrogen-bond acceptors (Lipinski definition) is 4. The molecule has 1 N–H and O–H groups in total. The molecule has 0 radical (unpaired) electrons. The second-order valence-electron chi connectivity index (χ2n) is 7.27. The Kier molecular flexibility index (Phi) is 6.53. The first-order valence-electron chi connectivity index (χ1n) is 10.1. The third-order valence-electron chi connectivity index (χ3n) is 5.30. The van der Waals surface area contributed by atoms with Gasteiger partial charge in [0, 0.05) is 5.92 Å². The molecule has 0 aromatic heterocycles. The van der Waals surface area contributed by atoms with E-state index in [1.165, 1.54) is 0 Å². The Labute approximate surface area is 185 Å². The number of alkyl halides is 1. The molecule has 0 aliphatic heterocycles. The molecule has 0 spiro atoms. The van der Waals surface area contributed by atoms with E-state index in [9.17, 15) is 9.59 Å². The number of carbonyl (C=O) groups excluding carboxylic acids is 2. The van der Waals surface area contributed by atoms with Gasteiger partial charge in [0.15, 0.2) is 0 Å². The smallest absolute Gasteiger partial charge is 0.407 e. The Morgan fingerprint density at radius 3 is 2.03 bits per heavy atom. The monoisotopic (exact) mass is 435 g/mol. The number of esters is 1. The third kappa shape index (κ3) is 4.72. The molecule has 1 atom stereocenters. The molecule has 3 aromatic rings. The zero-order valence-electron chi connectivity index (χ0n) is 16.8. The van der Waals surface area contributed by atoms with Gasteiger partial charge in [-0.05, 0) is 27.8 Å². The van der Waals surface area contributed by atoms with Gasteiger partial charge in [-0.15, -0.1) is 11.6 Å². The van der Waals surface area contributed by atoms with Crippen molar-refractivity contribution in [3.63, 3.8) is 0 Å². The van der Waals surface area contributed by atoms with E-state index in [1.807, 2.05) is 66.7 Å². The lowest BCUT2D eigenvalue weighted by Crippen LogP contribution is -2.43. The summed E-state index contributed by atoms with van der Waals surface area (Å²) < 4.78 is 10.7. The second-order valence-corrected chi connectivity index (χ2v) is 7.58. The number of alkyl carbamates (subject to hydrolysis) is 1. The van der Waals surface area contributed by atoms with Crippen LogP contribution in [0.3, 0.4) is 0 Å². The molecule has 6 heteroatoms. The average molecular weight is 436 g/mol. The van der Waals surface area contributed by atoms with Crippen LogP contribution in [-0.4, -0.2) is 30.6 Å². The maximum absolute atomic E-state index is 12.4. The fourth-order valence-corrected chi connectivity index (χ4v) is 3.98. The maximum Gasteiger partial charge on any atom is 0.407 e. The van der Waals surface area contributed by atoms with E-state index >= 15 is 0 Å². The first kappa shape index (κ1) is 20.9. The summed E-state index contributed by atoms with van der Waals surface area (Å²) in [5.41, 5.74) is 5.39. The number of benzene rings is 3. The lowest BCUT2D eigenvalue weighted by atomic mass is 9.98. The van der Waals surface area contributed by atoms with Crippen LogP contribution in [0.2, 0.25) is 0 Å². The van der Waals surface area contributed by atoms with Crippen molar-refractivity contribution >= 4 is 23.7 Å². The molecule has 0 bridgehead atoms. The first-order chi connectivity index (χ1) is 15.2. The van der Waals surface area contributed by atoms with E-state index in [-0.39, 0.29) is 25.0 Å². The minimum Gasteiger partial charge on any atom is -0.459 e. The lowest BCUT2D eigenvalue weighted by Gasteiger charge is -2.17. The highest BCUT2D eigenvalue weighted by atomic mass is 35.5. The van der Waals surface area contributed by atoms with E-state index < -0.39 is 18.1 Å². The Morgan fingerprint density at radius 1 is 0.839 bits per heavy atom. The van der Waals surface area contributed by atoms with E-state index in [1.54, 1.807) is 0 Å². The Morgan fingerprint density at radius 2 is 1.42 bits per heavy atom. The van der Waals surface area contributed by atoms with Crippen molar-refractivity contribution in [1.82, 2.24) is 5.32 Å². The van der Waals surface area contributed by atoms with E-state index in [0.29, 0.717) is 0 Å². The molecule has 1 aliphatic rings. The van der Waals surface area contributed by atoms with Crippen molar-refractivity contribution in [3.8, 4) is 11.1 Å². The molecule has 0 saturated heterocycles. The normalized spacial score (nSPS) is 13.1. The van der Waals surface area contributed by atoms with Crippen molar-refractivity contribution in [1.29, 1.82) is 0 Å². The first-order valence-corrected chi connectivity index (χ1v) is 10.6. The molecule has 31 heavy (non-hydrogen) atoms. The molecule has 1 amide bonds. The summed E-state index contributed by atoms with van der Waals surface area (Å²) in [4.78, 5) is 24.7. The topological polar surface area (TPSA) is 64.6 Å². The zero-order valence-corrected chi connectivity index (χ0v) is 17.5. The van der Waals surface area contributed by atoms with Crippen LogP contribution in [0.4, 0.5) is 4.79 Å². The molecule has 0 saturated carbocycles. The van der Waals surface area contributed by atoms with Crippen molar-refractivity contribution in [3.05, 3.63) is 95.6 Å². The molecule has 5 nitrogen and oxygen atoms in total. The number of nitrogens with one attached hydrogen (secondary N) is 1. The van der Waals surface area contributed by atoms with E-state index in [2.05, 4.69) is 17.4 Å². The maximum atomic E-state index is 12.4. The van der Waals surface area contributed by atoms with Crippen LogP contribution in [0.15, 0.2) is 78.9 Å². The van der Waals surface area contributed by atoms with Gasteiger partial charge in [0.2, 0.25) is 0 Å². The minimum absolute atomic E-state index is 0.0577. The van der Waals surface area contributed by atoms with Gasteiger partial charge in [-0.25, -0.2) is 9.59 Å². The Balaban J connectivity index is 1.35. The largest absolute Gasteiger partial charge is 0.459 e. The summed E-state index contributed by atoms with van der Waals surface area (Å²) in [5, 5.41) is 2.51. The van der Waals surface area contributed by atoms with Gasteiger partial charge < -0.3 is 14.8 Å². The van der Waals surface area contributed by atoms with Crippen molar-refractivity contribution in [2.45, 2.75) is 18.6 Å². The van der Waals surface area contributed by atoms with Crippen LogP contribution in [0.5, 0.6) is 0 Å². The summed E-state index contributed by atoms with van der Waals surface area (Å²) in [6, 6.07) is 24.5. The Bertz CT molecular complexity index is 1020. The fraction of sp³-hybridized carbons (Fsp3) is 0.200. The molecule has 158 valence electrons. The number of ether oxygens (including phenoxy) is 2.